The summed E-state index contributed by atoms with van der Waals surface area (Å²) in [4.78, 5) is 0. The molecule has 0 saturated heterocycles. The fourth-order valence-corrected chi connectivity index (χ4v) is 0.734. The van der Waals surface area contributed by atoms with Crippen molar-refractivity contribution in [2.45, 2.75) is 39.5 Å². The average molecular weight is 218 g/mol. The van der Waals surface area contributed by atoms with Crippen LogP contribution in [-0.2, 0) is 4.74 Å². The Morgan fingerprint density at radius 1 is 0.933 bits per heavy atom. The molecule has 3 heteroatoms. The van der Waals surface area contributed by atoms with Crippen molar-refractivity contribution < 1.29 is 14.9 Å². The van der Waals surface area contributed by atoms with Gasteiger partial charge in [0.15, 0.2) is 0 Å². The molecule has 0 rings (SSSR count). The van der Waals surface area contributed by atoms with E-state index in [0.29, 0.717) is 0 Å². The van der Waals surface area contributed by atoms with E-state index in [0.717, 1.165) is 38.9 Å². The van der Waals surface area contributed by atoms with Gasteiger partial charge >= 0.3 is 0 Å². The Morgan fingerprint density at radius 2 is 1.27 bits per heavy atom. The molecule has 0 heterocycles. The van der Waals surface area contributed by atoms with E-state index in [1.54, 1.807) is 0 Å². The van der Waals surface area contributed by atoms with Gasteiger partial charge in [-0.05, 0) is 39.5 Å². The minimum atomic E-state index is 0.250. The van der Waals surface area contributed by atoms with E-state index in [1.165, 1.54) is 5.57 Å². The van der Waals surface area contributed by atoms with Crippen LogP contribution in [0.1, 0.15) is 39.5 Å². The Labute approximate surface area is 93.8 Å². The predicted molar refractivity (Wildman–Crippen MR) is 63.9 cm³/mol. The van der Waals surface area contributed by atoms with E-state index in [4.69, 9.17) is 14.9 Å². The van der Waals surface area contributed by atoms with Gasteiger partial charge in [0.1, 0.15) is 0 Å². The SMILES string of the molecule is C=C(C)C.OCCCCOCCCCO. The lowest BCUT2D eigenvalue weighted by Gasteiger charge is -2.01. The van der Waals surface area contributed by atoms with Crippen LogP contribution < -0.4 is 0 Å². The normalized spacial score (nSPS) is 9.33. The molecule has 0 spiro atoms. The van der Waals surface area contributed by atoms with Gasteiger partial charge in [0.2, 0.25) is 0 Å². The summed E-state index contributed by atoms with van der Waals surface area (Å²) in [6.45, 7) is 9.46. The number of ether oxygens (including phenoxy) is 1. The molecular weight excluding hydrogens is 192 g/mol. The first-order chi connectivity index (χ1) is 7.15. The highest BCUT2D eigenvalue weighted by atomic mass is 16.5. The monoisotopic (exact) mass is 218 g/mol. The van der Waals surface area contributed by atoms with Gasteiger partial charge in [0.25, 0.3) is 0 Å². The molecule has 0 fully saturated rings. The zero-order chi connectivity index (χ0) is 11.9. The number of aliphatic hydroxyl groups excluding tert-OH is 2. The van der Waals surface area contributed by atoms with Crippen LogP contribution in [0.5, 0.6) is 0 Å². The first-order valence-electron chi connectivity index (χ1n) is 5.56. The van der Waals surface area contributed by atoms with Crippen molar-refractivity contribution >= 4 is 0 Å². The molecule has 0 bridgehead atoms. The smallest absolute Gasteiger partial charge is 0.0466 e. The fourth-order valence-electron chi connectivity index (χ4n) is 0.734. The molecule has 0 aromatic carbocycles. The van der Waals surface area contributed by atoms with Crippen molar-refractivity contribution in [3.63, 3.8) is 0 Å². The third kappa shape index (κ3) is 31.7. The van der Waals surface area contributed by atoms with Crippen molar-refractivity contribution in [3.8, 4) is 0 Å². The van der Waals surface area contributed by atoms with Gasteiger partial charge in [-0.1, -0.05) is 5.57 Å². The van der Waals surface area contributed by atoms with Crippen molar-refractivity contribution in [2.24, 2.45) is 0 Å². The number of hydrogen-bond donors (Lipinski definition) is 2. The highest BCUT2D eigenvalue weighted by Gasteiger charge is 1.88. The number of hydrogen-bond acceptors (Lipinski definition) is 3. The Bertz CT molecular complexity index is 112. The molecule has 0 aromatic rings. The van der Waals surface area contributed by atoms with E-state index in [1.807, 2.05) is 13.8 Å². The van der Waals surface area contributed by atoms with Crippen molar-refractivity contribution in [2.75, 3.05) is 26.4 Å². The molecule has 0 aliphatic rings. The second kappa shape index (κ2) is 16.1. The highest BCUT2D eigenvalue weighted by molar-refractivity contribution is 4.78. The lowest BCUT2D eigenvalue weighted by Crippen LogP contribution is -1.98. The van der Waals surface area contributed by atoms with Crippen LogP contribution in [-0.4, -0.2) is 36.6 Å². The van der Waals surface area contributed by atoms with Gasteiger partial charge in [-0.2, -0.15) is 0 Å². The summed E-state index contributed by atoms with van der Waals surface area (Å²) in [6, 6.07) is 0. The van der Waals surface area contributed by atoms with E-state index in [9.17, 15) is 0 Å². The Balaban J connectivity index is 0. The maximum atomic E-state index is 8.42. The summed E-state index contributed by atoms with van der Waals surface area (Å²) in [5, 5.41) is 16.8. The zero-order valence-electron chi connectivity index (χ0n) is 10.2. The van der Waals surface area contributed by atoms with Gasteiger partial charge in [-0.3, -0.25) is 0 Å². The quantitative estimate of drug-likeness (QED) is 0.485. The number of aliphatic hydroxyl groups is 2. The lowest BCUT2D eigenvalue weighted by molar-refractivity contribution is 0.117. The van der Waals surface area contributed by atoms with Crippen LogP contribution in [0.15, 0.2) is 12.2 Å². The molecule has 0 aromatic heterocycles. The average Bonchev–Trinajstić information content (AvgIpc) is 2.16. The van der Waals surface area contributed by atoms with E-state index in [-0.39, 0.29) is 13.2 Å². The summed E-state index contributed by atoms with van der Waals surface area (Å²) < 4.78 is 5.22. The van der Waals surface area contributed by atoms with E-state index < -0.39 is 0 Å². The molecule has 2 N–H and O–H groups in total. The molecule has 0 radical (unpaired) electrons. The molecule has 0 aliphatic carbocycles. The maximum Gasteiger partial charge on any atom is 0.0466 e. The summed E-state index contributed by atoms with van der Waals surface area (Å²) in [7, 11) is 0. The summed E-state index contributed by atoms with van der Waals surface area (Å²) in [6.07, 6.45) is 3.49. The van der Waals surface area contributed by atoms with Gasteiger partial charge in [-0.15, -0.1) is 6.58 Å². The topological polar surface area (TPSA) is 49.7 Å². The number of allylic oxidation sites excluding steroid dienone is 1. The molecule has 0 aliphatic heterocycles. The van der Waals surface area contributed by atoms with Gasteiger partial charge in [-0.25, -0.2) is 0 Å². The number of rotatable bonds is 8. The van der Waals surface area contributed by atoms with Crippen LogP contribution in [0.25, 0.3) is 0 Å². The highest BCUT2D eigenvalue weighted by Crippen LogP contribution is 1.92. The van der Waals surface area contributed by atoms with E-state index >= 15 is 0 Å². The third-order valence-corrected chi connectivity index (χ3v) is 1.39. The van der Waals surface area contributed by atoms with Crippen molar-refractivity contribution in [1.82, 2.24) is 0 Å². The Hall–Kier alpha value is -0.380. The third-order valence-electron chi connectivity index (χ3n) is 1.39. The second-order valence-electron chi connectivity index (χ2n) is 3.68. The van der Waals surface area contributed by atoms with E-state index in [2.05, 4.69) is 6.58 Å². The van der Waals surface area contributed by atoms with Crippen LogP contribution >= 0.6 is 0 Å². The van der Waals surface area contributed by atoms with Crippen molar-refractivity contribution in [1.29, 1.82) is 0 Å². The van der Waals surface area contributed by atoms with Crippen molar-refractivity contribution in [3.05, 3.63) is 12.2 Å². The minimum Gasteiger partial charge on any atom is -0.396 e. The number of unbranched alkanes of at least 4 members (excludes halogenated alkanes) is 2. The summed E-state index contributed by atoms with van der Waals surface area (Å²) >= 11 is 0. The maximum absolute atomic E-state index is 8.42. The molecule has 0 unspecified atom stereocenters. The predicted octanol–water partition coefficient (Wildman–Crippen LogP) is 2.13. The molecule has 0 amide bonds. The van der Waals surface area contributed by atoms with Gasteiger partial charge in [0.05, 0.1) is 0 Å². The van der Waals surface area contributed by atoms with Gasteiger partial charge < -0.3 is 14.9 Å². The van der Waals surface area contributed by atoms with Crippen LogP contribution in [0.2, 0.25) is 0 Å². The largest absolute Gasteiger partial charge is 0.396 e. The second-order valence-corrected chi connectivity index (χ2v) is 3.68. The Kier molecular flexibility index (Phi) is 18.2. The van der Waals surface area contributed by atoms with Crippen LogP contribution in [0, 0.1) is 0 Å². The molecule has 0 saturated carbocycles. The molecule has 3 nitrogen and oxygen atoms in total. The first-order valence-corrected chi connectivity index (χ1v) is 5.56. The molecule has 15 heavy (non-hydrogen) atoms. The summed E-state index contributed by atoms with van der Waals surface area (Å²) in [5.74, 6) is 0. The molecular formula is C12H26O3. The fraction of sp³-hybridized carbons (Fsp3) is 0.833. The molecule has 0 atom stereocenters. The minimum absolute atomic E-state index is 0.250. The standard InChI is InChI=1S/C8H18O3.C4H8/c9-5-1-3-7-11-8-4-2-6-10;1-4(2)3/h9-10H,1-8H2;1H2,2-3H3. The Morgan fingerprint density at radius 3 is 1.53 bits per heavy atom. The van der Waals surface area contributed by atoms with Crippen LogP contribution in [0.3, 0.4) is 0 Å². The first kappa shape index (κ1) is 17.0. The van der Waals surface area contributed by atoms with Gasteiger partial charge in [0, 0.05) is 26.4 Å². The summed E-state index contributed by atoms with van der Waals surface area (Å²) in [5.41, 5.74) is 1.17. The zero-order valence-corrected chi connectivity index (χ0v) is 10.2. The lowest BCUT2D eigenvalue weighted by atomic mass is 10.3. The molecule has 92 valence electrons. The van der Waals surface area contributed by atoms with Crippen LogP contribution in [0.4, 0.5) is 0 Å².